The van der Waals surface area contributed by atoms with Gasteiger partial charge in [0.05, 0.1) is 10.2 Å². The number of nitrogens with one attached hydrogen (secondary N) is 1. The van der Waals surface area contributed by atoms with E-state index in [1.807, 2.05) is 23.1 Å². The summed E-state index contributed by atoms with van der Waals surface area (Å²) in [6, 6.07) is 12.0. The zero-order valence-corrected chi connectivity index (χ0v) is 15.8. The van der Waals surface area contributed by atoms with E-state index < -0.39 is 4.87 Å². The van der Waals surface area contributed by atoms with Gasteiger partial charge in [-0.2, -0.15) is 0 Å². The summed E-state index contributed by atoms with van der Waals surface area (Å²) >= 11 is 19.3. The Morgan fingerprint density at radius 3 is 2.62 bits per heavy atom. The smallest absolute Gasteiger partial charge is 0.170 e. The molecule has 0 aliphatic carbocycles. The van der Waals surface area contributed by atoms with Crippen molar-refractivity contribution in [3.8, 4) is 0 Å². The fourth-order valence-corrected chi connectivity index (χ4v) is 5.72. The van der Waals surface area contributed by atoms with Crippen molar-refractivity contribution in [3.05, 3.63) is 58.9 Å². The molecular formula is C17H12ClFN2S3. The minimum Gasteiger partial charge on any atom is -0.347 e. The molecule has 2 aliphatic rings. The number of benzene rings is 2. The van der Waals surface area contributed by atoms with Crippen molar-refractivity contribution in [1.82, 2.24) is 0 Å². The van der Waals surface area contributed by atoms with E-state index in [4.69, 9.17) is 36.0 Å². The summed E-state index contributed by atoms with van der Waals surface area (Å²) in [5.41, 5.74) is 2.73. The third-order valence-corrected chi connectivity index (χ3v) is 7.19. The maximum absolute atomic E-state index is 13.4. The molecule has 2 aromatic carbocycles. The van der Waals surface area contributed by atoms with Crippen molar-refractivity contribution in [2.75, 3.05) is 10.2 Å². The van der Waals surface area contributed by atoms with Crippen molar-refractivity contribution in [3.63, 3.8) is 0 Å². The Balaban J connectivity index is 1.95. The number of nitrogens with zero attached hydrogens (tertiary/aromatic N) is 1. The predicted molar refractivity (Wildman–Crippen MR) is 108 cm³/mol. The van der Waals surface area contributed by atoms with Crippen molar-refractivity contribution in [1.29, 1.82) is 0 Å². The first kappa shape index (κ1) is 16.3. The first-order chi connectivity index (χ1) is 11.4. The van der Waals surface area contributed by atoms with Gasteiger partial charge in [-0.25, -0.2) is 4.39 Å². The number of halogens is 2. The molecule has 0 aromatic heterocycles. The van der Waals surface area contributed by atoms with Gasteiger partial charge in [-0.1, -0.05) is 36.0 Å². The highest BCUT2D eigenvalue weighted by Crippen LogP contribution is 2.57. The number of hydrogen-bond donors (Lipinski definition) is 1. The zero-order valence-electron chi connectivity index (χ0n) is 12.5. The Morgan fingerprint density at radius 2 is 1.92 bits per heavy atom. The van der Waals surface area contributed by atoms with Gasteiger partial charge in [0, 0.05) is 22.0 Å². The average Bonchev–Trinajstić information content (AvgIpc) is 2.97. The third kappa shape index (κ3) is 2.20. The number of fused-ring (bicyclic) bond motifs is 2. The minimum atomic E-state index is -0.649. The lowest BCUT2D eigenvalue weighted by atomic mass is 10.0. The van der Waals surface area contributed by atoms with E-state index >= 15 is 0 Å². The van der Waals surface area contributed by atoms with Gasteiger partial charge >= 0.3 is 0 Å². The first-order valence-corrected chi connectivity index (χ1v) is 9.40. The lowest BCUT2D eigenvalue weighted by Gasteiger charge is -2.35. The minimum absolute atomic E-state index is 0.0923. The summed E-state index contributed by atoms with van der Waals surface area (Å²) in [5.74, 6) is -0.283. The summed E-state index contributed by atoms with van der Waals surface area (Å²) in [7, 11) is 0. The molecule has 2 heterocycles. The van der Waals surface area contributed by atoms with Crippen LogP contribution in [0.1, 0.15) is 12.5 Å². The predicted octanol–water partition coefficient (Wildman–Crippen LogP) is 5.35. The van der Waals surface area contributed by atoms with Crippen LogP contribution >= 0.6 is 47.8 Å². The molecule has 2 unspecified atom stereocenters. The van der Waals surface area contributed by atoms with Gasteiger partial charge in [0.1, 0.15) is 10.8 Å². The second-order valence-corrected chi connectivity index (χ2v) is 8.49. The Bertz CT molecular complexity index is 871. The molecule has 0 saturated carbocycles. The van der Waals surface area contributed by atoms with Crippen molar-refractivity contribution >= 4 is 69.2 Å². The van der Waals surface area contributed by atoms with Crippen LogP contribution in [0.3, 0.4) is 0 Å². The van der Waals surface area contributed by atoms with Crippen LogP contribution in [0.25, 0.3) is 0 Å². The monoisotopic (exact) mass is 394 g/mol. The van der Waals surface area contributed by atoms with Gasteiger partial charge in [-0.15, -0.1) is 11.8 Å². The largest absolute Gasteiger partial charge is 0.347 e. The molecule has 4 rings (SSSR count). The maximum Gasteiger partial charge on any atom is 0.170 e. The number of anilines is 2. The van der Waals surface area contributed by atoms with Crippen LogP contribution in [-0.2, 0) is 4.87 Å². The van der Waals surface area contributed by atoms with Gasteiger partial charge in [-0.05, 0) is 49.4 Å². The SMILES string of the molecule is CC1SC2(C(=S)Nc3ccc(Cl)cc32)N(c2ccc(F)cc2)C1=S. The normalized spacial score (nSPS) is 25.3. The second kappa shape index (κ2) is 5.66. The Kier molecular flexibility index (Phi) is 3.84. The lowest BCUT2D eigenvalue weighted by molar-refractivity contribution is 0.627. The van der Waals surface area contributed by atoms with Crippen LogP contribution in [-0.4, -0.2) is 15.2 Å². The van der Waals surface area contributed by atoms with E-state index in [9.17, 15) is 4.39 Å². The molecule has 1 fully saturated rings. The van der Waals surface area contributed by atoms with Crippen LogP contribution in [0.4, 0.5) is 15.8 Å². The zero-order chi connectivity index (χ0) is 17.1. The van der Waals surface area contributed by atoms with Crippen LogP contribution in [0, 0.1) is 5.82 Å². The van der Waals surface area contributed by atoms with Crippen LogP contribution < -0.4 is 10.2 Å². The Labute approximate surface area is 159 Å². The van der Waals surface area contributed by atoms with E-state index in [2.05, 4.69) is 12.2 Å². The molecule has 0 radical (unpaired) electrons. The number of rotatable bonds is 1. The van der Waals surface area contributed by atoms with Crippen molar-refractivity contribution in [2.45, 2.75) is 17.0 Å². The molecule has 1 N–H and O–H groups in total. The lowest BCUT2D eigenvalue weighted by Crippen LogP contribution is -2.46. The highest BCUT2D eigenvalue weighted by atomic mass is 35.5. The van der Waals surface area contributed by atoms with E-state index in [1.54, 1.807) is 23.9 Å². The van der Waals surface area contributed by atoms with Crippen LogP contribution in [0.2, 0.25) is 5.02 Å². The molecule has 122 valence electrons. The maximum atomic E-state index is 13.4. The topological polar surface area (TPSA) is 15.3 Å². The van der Waals surface area contributed by atoms with Crippen LogP contribution in [0.5, 0.6) is 0 Å². The molecule has 7 heteroatoms. The van der Waals surface area contributed by atoms with E-state index in [-0.39, 0.29) is 11.1 Å². The molecule has 2 atom stereocenters. The van der Waals surface area contributed by atoms with Gasteiger partial charge in [0.2, 0.25) is 0 Å². The summed E-state index contributed by atoms with van der Waals surface area (Å²) < 4.78 is 13.4. The van der Waals surface area contributed by atoms with Crippen molar-refractivity contribution in [2.24, 2.45) is 0 Å². The summed E-state index contributed by atoms with van der Waals surface area (Å²) in [4.78, 5) is 2.81. The highest BCUT2D eigenvalue weighted by Gasteiger charge is 2.57. The van der Waals surface area contributed by atoms with Gasteiger partial charge < -0.3 is 10.2 Å². The molecule has 2 aromatic rings. The highest BCUT2D eigenvalue weighted by molar-refractivity contribution is 8.05. The van der Waals surface area contributed by atoms with Crippen LogP contribution in [0.15, 0.2) is 42.5 Å². The summed E-state index contributed by atoms with van der Waals surface area (Å²) in [6.07, 6.45) is 0. The standard InChI is InChI=1S/C17H12ClFN2S3/c1-9-15(22)21(12-5-3-11(19)4-6-12)17(24-9)13-8-10(18)2-7-14(13)20-16(17)23/h2-9H,1H3,(H,20,23). The van der Waals surface area contributed by atoms with E-state index in [0.29, 0.717) is 10.0 Å². The molecular weight excluding hydrogens is 383 g/mol. The number of thioether (sulfide) groups is 1. The summed E-state index contributed by atoms with van der Waals surface area (Å²) in [5, 5.41) is 4.02. The molecule has 2 nitrogen and oxygen atoms in total. The average molecular weight is 395 g/mol. The Morgan fingerprint density at radius 1 is 1.21 bits per heavy atom. The Hall–Kier alpha value is -1.21. The molecule has 1 spiro atoms. The molecule has 24 heavy (non-hydrogen) atoms. The molecule has 1 saturated heterocycles. The number of hydrogen-bond acceptors (Lipinski definition) is 3. The van der Waals surface area contributed by atoms with E-state index in [1.165, 1.54) is 12.1 Å². The molecule has 2 aliphatic heterocycles. The molecule has 0 amide bonds. The fraction of sp³-hybridized carbons (Fsp3) is 0.176. The number of thiocarbonyl (C=S) groups is 2. The first-order valence-electron chi connectivity index (χ1n) is 7.32. The van der Waals surface area contributed by atoms with Gasteiger partial charge in [-0.3, -0.25) is 0 Å². The van der Waals surface area contributed by atoms with Gasteiger partial charge in [0.15, 0.2) is 4.87 Å². The third-order valence-electron chi connectivity index (χ3n) is 4.22. The quantitative estimate of drug-likeness (QED) is 0.653. The fourth-order valence-electron chi connectivity index (χ4n) is 3.17. The van der Waals surface area contributed by atoms with Gasteiger partial charge in [0.25, 0.3) is 0 Å². The summed E-state index contributed by atoms with van der Waals surface area (Å²) in [6.45, 7) is 2.06. The molecule has 0 bridgehead atoms. The van der Waals surface area contributed by atoms with Crippen molar-refractivity contribution < 1.29 is 4.39 Å². The second-order valence-electron chi connectivity index (χ2n) is 5.70. The van der Waals surface area contributed by atoms with E-state index in [0.717, 1.165) is 21.9 Å².